The first-order valence-corrected chi connectivity index (χ1v) is 39.3. The van der Waals surface area contributed by atoms with Gasteiger partial charge in [0, 0.05) is 42.5 Å². The third-order valence-electron chi connectivity index (χ3n) is 19.1. The van der Waals surface area contributed by atoms with E-state index in [2.05, 4.69) is 35.6 Å². The molecule has 0 spiro atoms. The molecule has 14 rings (SSSR count). The molecule has 2 amide bonds. The molecule has 0 radical (unpaired) electrons. The molecule has 11 aromatic rings. The molecule has 2 unspecified atom stereocenters. The number of aromatic nitrogens is 10. The third-order valence-corrected chi connectivity index (χ3v) is 23.5. The van der Waals surface area contributed by atoms with E-state index in [4.69, 9.17) is 79.7 Å². The molecular weight excluding hydrogens is 1490 g/mol. The van der Waals surface area contributed by atoms with Crippen molar-refractivity contribution in [2.75, 3.05) is 43.8 Å². The molecule has 0 aliphatic carbocycles. The number of imidazole rings is 2. The van der Waals surface area contributed by atoms with Crippen molar-refractivity contribution in [2.45, 2.75) is 114 Å². The molecule has 566 valence electrons. The van der Waals surface area contributed by atoms with Gasteiger partial charge in [0.2, 0.25) is 11.9 Å². The molecule has 0 bridgehead atoms. The molecular formula is C76H76Cl2N12O17P2. The summed E-state index contributed by atoms with van der Waals surface area (Å²) < 4.78 is 104. The molecule has 109 heavy (non-hydrogen) atoms. The van der Waals surface area contributed by atoms with Gasteiger partial charge in [-0.2, -0.15) is 4.98 Å². The maximum atomic E-state index is 16.8. The van der Waals surface area contributed by atoms with Crippen LogP contribution in [0.4, 0.5) is 11.8 Å². The van der Waals surface area contributed by atoms with E-state index in [-0.39, 0.29) is 100 Å². The number of aromatic amines is 1. The van der Waals surface area contributed by atoms with Crippen molar-refractivity contribution in [2.24, 2.45) is 5.92 Å². The van der Waals surface area contributed by atoms with Crippen LogP contribution in [0, 0.1) is 12.8 Å². The number of methoxy groups -OCH3 is 2. The fourth-order valence-corrected chi connectivity index (χ4v) is 17.7. The van der Waals surface area contributed by atoms with Crippen molar-refractivity contribution in [1.29, 1.82) is 0 Å². The van der Waals surface area contributed by atoms with Gasteiger partial charge in [-0.05, 0) is 97.1 Å². The van der Waals surface area contributed by atoms with E-state index in [0.29, 0.717) is 33.7 Å². The number of carbonyl (C=O) groups is 2. The SMILES string of the molecule is COc1ccc(C(OC[C@H]2O[C@@H](n3cnc4c(NC(=O)c5ccccc5)ncnc43)C[C@@H]2OP(=O)(CC[C@H]2O[C@@H](n3cnc4cnc(NC(=O)C(C)C)nc43)C[C@@H]2OP(=O)(CC[C@H]2O[C@@H](n3cc(C)c(=O)[nH]c3=O)C[C@@H]2O)Oc2ccccc2Cl)Oc2ccccc2Cl)(c2ccccc2)c2ccc(OC)cc2)cc1. The van der Waals surface area contributed by atoms with Crippen LogP contribution in [-0.2, 0) is 47.5 Å². The standard InChI is InChI=1S/C76H76Cl2N12O17P2/c1-45(2)71(92)86-74-79-39-55-69(85-74)89(43-82-55)65-37-61(106-108(96,104-57-22-14-12-20-53(57)77)34-32-59-56(91)36-64(101-59)88-40-46(3)72(93)87-75(88)95)60(102-65)33-35-109(97,105-58-23-15-13-21-54(58)78)107-62-38-66(90-44-83-67-68(80-42-81-70(67)90)84-73(94)47-16-8-6-9-17-47)103-63(62)41-100-76(48-18-10-7-11-19-48,49-24-28-51(98-4)29-25-49)50-26-30-52(99-5)31-27-50/h6-31,39-40,42-45,56,59-66,91H,32-38,41H2,1-5H3,(H,87,93,95)(H,79,85,86,92)(H,80,81,84,94)/t56-,59+,60+,61-,62-,63+,64+,65+,66+,108?,109?/m0/s1. The number of carbonyl (C=O) groups excluding carboxylic acids is 2. The Labute approximate surface area is 634 Å². The van der Waals surface area contributed by atoms with E-state index in [1.807, 2.05) is 78.9 Å². The lowest BCUT2D eigenvalue weighted by molar-refractivity contribution is -0.118. The predicted molar refractivity (Wildman–Crippen MR) is 403 cm³/mol. The Kier molecular flexibility index (Phi) is 22.7. The first-order valence-electron chi connectivity index (χ1n) is 35.1. The van der Waals surface area contributed by atoms with E-state index in [1.54, 1.807) is 110 Å². The minimum Gasteiger partial charge on any atom is -0.497 e. The van der Waals surface area contributed by atoms with Crippen LogP contribution in [0.25, 0.3) is 22.3 Å². The average molecular weight is 1560 g/mol. The van der Waals surface area contributed by atoms with Crippen molar-refractivity contribution in [3.05, 3.63) is 248 Å². The Morgan fingerprint density at radius 1 is 0.633 bits per heavy atom. The fourth-order valence-electron chi connectivity index (χ4n) is 13.4. The lowest BCUT2D eigenvalue weighted by Gasteiger charge is -2.37. The Morgan fingerprint density at radius 3 is 1.77 bits per heavy atom. The minimum atomic E-state index is -4.70. The first-order chi connectivity index (χ1) is 52.6. The lowest BCUT2D eigenvalue weighted by Crippen LogP contribution is -2.38. The number of benzene rings is 6. The largest absolute Gasteiger partial charge is 0.497 e. The quantitative estimate of drug-likeness (QED) is 0.0250. The molecule has 3 aliphatic heterocycles. The molecule has 6 aromatic carbocycles. The van der Waals surface area contributed by atoms with Crippen molar-refractivity contribution < 1.29 is 70.3 Å². The number of nitrogens with zero attached hydrogens (tertiary/aromatic N) is 9. The molecule has 8 heterocycles. The van der Waals surface area contributed by atoms with Gasteiger partial charge in [0.25, 0.3) is 11.5 Å². The number of hydrogen-bond donors (Lipinski definition) is 4. The van der Waals surface area contributed by atoms with Crippen molar-refractivity contribution >= 4 is 84.3 Å². The highest BCUT2D eigenvalue weighted by Crippen LogP contribution is 2.58. The second-order valence-corrected chi connectivity index (χ2v) is 31.5. The van der Waals surface area contributed by atoms with Crippen molar-refractivity contribution in [3.63, 3.8) is 0 Å². The van der Waals surface area contributed by atoms with Crippen LogP contribution in [0.15, 0.2) is 199 Å². The molecule has 5 aromatic heterocycles. The second-order valence-electron chi connectivity index (χ2n) is 26.6. The highest BCUT2D eigenvalue weighted by Gasteiger charge is 2.50. The van der Waals surface area contributed by atoms with Crippen molar-refractivity contribution in [1.82, 2.24) is 48.6 Å². The van der Waals surface area contributed by atoms with E-state index in [1.165, 1.54) is 48.9 Å². The second kappa shape index (κ2) is 32.7. The molecule has 4 N–H and O–H groups in total. The zero-order valence-electron chi connectivity index (χ0n) is 59.5. The number of ether oxygens (including phenoxy) is 6. The van der Waals surface area contributed by atoms with Gasteiger partial charge < -0.3 is 47.9 Å². The highest BCUT2D eigenvalue weighted by atomic mass is 35.5. The minimum absolute atomic E-state index is 0.0000346. The van der Waals surface area contributed by atoms with Crippen LogP contribution in [-0.4, -0.2) is 135 Å². The summed E-state index contributed by atoms with van der Waals surface area (Å²) in [6, 6.07) is 46.0. The first kappa shape index (κ1) is 75.8. The topological polar surface area (TPSA) is 347 Å². The highest BCUT2D eigenvalue weighted by molar-refractivity contribution is 7.54. The van der Waals surface area contributed by atoms with Crippen molar-refractivity contribution in [3.8, 4) is 23.0 Å². The fraction of sp³-hybridized carbons (Fsp3) is 0.316. The van der Waals surface area contributed by atoms with Gasteiger partial charge in [-0.1, -0.05) is 134 Å². The normalized spacial score (nSPS) is 21.1. The third kappa shape index (κ3) is 16.6. The molecule has 3 aliphatic rings. The Hall–Kier alpha value is -10.0. The number of aryl methyl sites for hydroxylation is 1. The molecule has 3 fully saturated rings. The number of rotatable bonds is 29. The van der Waals surface area contributed by atoms with E-state index >= 15 is 9.13 Å². The number of aliphatic hydroxyl groups excluding tert-OH is 1. The summed E-state index contributed by atoms with van der Waals surface area (Å²) >= 11 is 13.7. The number of aliphatic hydroxyl groups is 1. The molecule has 29 nitrogen and oxygen atoms in total. The van der Waals surface area contributed by atoms with Gasteiger partial charge in [-0.25, -0.2) is 38.8 Å². The average Bonchev–Trinajstić information content (AvgIpc) is 1.64. The number of anilines is 2. The summed E-state index contributed by atoms with van der Waals surface area (Å²) in [6.07, 6.45) is -4.37. The summed E-state index contributed by atoms with van der Waals surface area (Å²) in [5.41, 5.74) is 1.08. The molecule has 33 heteroatoms. The van der Waals surface area contributed by atoms with Crippen LogP contribution in [0.5, 0.6) is 23.0 Å². The summed E-state index contributed by atoms with van der Waals surface area (Å²) in [5, 5.41) is 17.3. The molecule has 0 saturated carbocycles. The molecule has 3 saturated heterocycles. The maximum Gasteiger partial charge on any atom is 0.379 e. The van der Waals surface area contributed by atoms with E-state index in [9.17, 15) is 24.3 Å². The maximum absolute atomic E-state index is 16.8. The number of H-pyrrole nitrogens is 1. The summed E-state index contributed by atoms with van der Waals surface area (Å²) in [5.74, 6) is 0.109. The Morgan fingerprint density at radius 2 is 1.17 bits per heavy atom. The van der Waals surface area contributed by atoms with Gasteiger partial charge in [0.1, 0.15) is 71.3 Å². The Balaban J connectivity index is 0.836. The van der Waals surface area contributed by atoms with Crippen LogP contribution in [0.2, 0.25) is 10.0 Å². The monoisotopic (exact) mass is 1560 g/mol. The molecule has 11 atom stereocenters. The zero-order chi connectivity index (χ0) is 76.1. The van der Waals surface area contributed by atoms with Gasteiger partial charge in [0.15, 0.2) is 22.6 Å². The van der Waals surface area contributed by atoms with E-state index in [0.717, 1.165) is 5.56 Å². The van der Waals surface area contributed by atoms with E-state index < -0.39 is 111 Å². The number of para-hydroxylation sites is 2. The number of nitrogens with one attached hydrogen (secondary N) is 3. The number of halogens is 2. The smallest absolute Gasteiger partial charge is 0.379 e. The van der Waals surface area contributed by atoms with Gasteiger partial charge in [-0.15, -0.1) is 0 Å². The summed E-state index contributed by atoms with van der Waals surface area (Å²) in [7, 11) is -6.10. The van der Waals surface area contributed by atoms with Crippen LogP contribution >= 0.6 is 38.4 Å². The predicted octanol–water partition coefficient (Wildman–Crippen LogP) is 13.0. The number of amides is 2. The van der Waals surface area contributed by atoms with Crippen LogP contribution in [0.3, 0.4) is 0 Å². The zero-order valence-corrected chi connectivity index (χ0v) is 62.8. The van der Waals surface area contributed by atoms with Crippen LogP contribution in [0.1, 0.15) is 97.2 Å². The number of fused-ring (bicyclic) bond motifs is 2. The van der Waals surface area contributed by atoms with Gasteiger partial charge in [0.05, 0.1) is 86.5 Å². The van der Waals surface area contributed by atoms with Gasteiger partial charge in [-0.3, -0.25) is 47.4 Å². The lowest BCUT2D eigenvalue weighted by atomic mass is 9.80. The van der Waals surface area contributed by atoms with Gasteiger partial charge >= 0.3 is 20.9 Å². The summed E-state index contributed by atoms with van der Waals surface area (Å²) in [4.78, 5) is 81.7. The number of hydrogen-bond acceptors (Lipinski definition) is 23. The Bertz CT molecular complexity index is 5270. The summed E-state index contributed by atoms with van der Waals surface area (Å²) in [6.45, 7) is 4.72. The van der Waals surface area contributed by atoms with Crippen LogP contribution < -0.4 is 40.4 Å².